The number of nitrogens with zero attached hydrogens (tertiary/aromatic N) is 2. The Hall–Kier alpha value is -2.14. The molecule has 3 aromatic rings. The zero-order chi connectivity index (χ0) is 16.9. The lowest BCUT2D eigenvalue weighted by Crippen LogP contribution is -2.24. The maximum absolute atomic E-state index is 12.3. The second-order valence-electron chi connectivity index (χ2n) is 5.98. The zero-order valence-corrected chi connectivity index (χ0v) is 15.0. The van der Waals surface area contributed by atoms with Crippen molar-refractivity contribution >= 4 is 28.3 Å². The maximum atomic E-state index is 12.3. The van der Waals surface area contributed by atoms with Crippen molar-refractivity contribution in [2.24, 2.45) is 0 Å². The number of carbonyl (C=O) groups excluding carboxylic acids is 1. The van der Waals surface area contributed by atoms with E-state index < -0.39 is 0 Å². The van der Waals surface area contributed by atoms with Crippen LogP contribution in [-0.2, 0) is 13.0 Å². The summed E-state index contributed by atoms with van der Waals surface area (Å²) in [5.74, 6) is 0.0425. The van der Waals surface area contributed by atoms with E-state index >= 15 is 0 Å². The van der Waals surface area contributed by atoms with Crippen LogP contribution in [0.2, 0.25) is 0 Å². The van der Waals surface area contributed by atoms with Gasteiger partial charge in [-0.3, -0.25) is 4.79 Å². The van der Waals surface area contributed by atoms with Crippen molar-refractivity contribution in [3.63, 3.8) is 0 Å². The van der Waals surface area contributed by atoms with E-state index in [0.29, 0.717) is 6.54 Å². The smallest absolute Gasteiger partial charge is 0.261 e. The number of rotatable bonds is 7. The van der Waals surface area contributed by atoms with Crippen LogP contribution >= 0.6 is 11.3 Å². The van der Waals surface area contributed by atoms with E-state index in [9.17, 15) is 4.79 Å². The van der Waals surface area contributed by atoms with Gasteiger partial charge in [-0.25, -0.2) is 4.98 Å². The van der Waals surface area contributed by atoms with Gasteiger partial charge in [0.05, 0.1) is 22.2 Å². The SMILES string of the molecule is CCCc1cc(C(=O)NCCCn2cnc3ccccc32)sc1C. The van der Waals surface area contributed by atoms with Crippen molar-refractivity contribution in [2.45, 2.75) is 39.7 Å². The molecule has 5 heteroatoms. The fraction of sp³-hybridized carbons (Fsp3) is 0.368. The van der Waals surface area contributed by atoms with Gasteiger partial charge in [0.2, 0.25) is 0 Å². The molecule has 2 aromatic heterocycles. The van der Waals surface area contributed by atoms with Crippen LogP contribution in [0.25, 0.3) is 11.0 Å². The van der Waals surface area contributed by atoms with E-state index in [1.54, 1.807) is 11.3 Å². The number of hydrogen-bond donors (Lipinski definition) is 1. The monoisotopic (exact) mass is 341 g/mol. The Morgan fingerprint density at radius 3 is 3.00 bits per heavy atom. The normalized spacial score (nSPS) is 11.1. The molecule has 0 spiro atoms. The van der Waals surface area contributed by atoms with Crippen LogP contribution in [0.1, 0.15) is 39.9 Å². The molecule has 0 saturated heterocycles. The first-order valence-electron chi connectivity index (χ1n) is 8.46. The largest absolute Gasteiger partial charge is 0.351 e. The molecule has 1 amide bonds. The fourth-order valence-corrected chi connectivity index (χ4v) is 3.86. The highest BCUT2D eigenvalue weighted by Gasteiger charge is 2.11. The summed E-state index contributed by atoms with van der Waals surface area (Å²) in [7, 11) is 0. The molecule has 0 bridgehead atoms. The average molecular weight is 341 g/mol. The van der Waals surface area contributed by atoms with Crippen LogP contribution in [0.3, 0.4) is 0 Å². The summed E-state index contributed by atoms with van der Waals surface area (Å²) in [6.07, 6.45) is 4.91. The summed E-state index contributed by atoms with van der Waals surface area (Å²) in [5.41, 5.74) is 3.46. The first-order valence-corrected chi connectivity index (χ1v) is 9.28. The second kappa shape index (κ2) is 7.62. The van der Waals surface area contributed by atoms with E-state index in [1.165, 1.54) is 10.4 Å². The number of thiophene rings is 1. The molecule has 1 aromatic carbocycles. The number of fused-ring (bicyclic) bond motifs is 1. The molecule has 4 nitrogen and oxygen atoms in total. The Morgan fingerprint density at radius 1 is 1.33 bits per heavy atom. The number of nitrogens with one attached hydrogen (secondary N) is 1. The molecule has 126 valence electrons. The third-order valence-corrected chi connectivity index (χ3v) is 5.24. The predicted molar refractivity (Wildman–Crippen MR) is 99.7 cm³/mol. The highest BCUT2D eigenvalue weighted by molar-refractivity contribution is 7.14. The van der Waals surface area contributed by atoms with Gasteiger partial charge < -0.3 is 9.88 Å². The molecular weight excluding hydrogens is 318 g/mol. The Bertz CT molecular complexity index is 834. The third-order valence-electron chi connectivity index (χ3n) is 4.15. The standard InChI is InChI=1S/C19H23N3OS/c1-3-7-15-12-18(24-14(15)2)19(23)20-10-6-11-22-13-21-16-8-4-5-9-17(16)22/h4-5,8-9,12-13H,3,6-7,10-11H2,1-2H3,(H,20,23). The Kier molecular flexibility index (Phi) is 5.30. The van der Waals surface area contributed by atoms with Crippen molar-refractivity contribution < 1.29 is 4.79 Å². The van der Waals surface area contributed by atoms with Gasteiger partial charge in [-0.05, 0) is 43.5 Å². The first kappa shape index (κ1) is 16.7. The number of imidazole rings is 1. The molecule has 2 heterocycles. The van der Waals surface area contributed by atoms with Crippen LogP contribution in [0.5, 0.6) is 0 Å². The summed E-state index contributed by atoms with van der Waals surface area (Å²) in [5, 5.41) is 3.03. The molecule has 0 fully saturated rings. The summed E-state index contributed by atoms with van der Waals surface area (Å²) in [6, 6.07) is 10.2. The molecule has 0 radical (unpaired) electrons. The minimum Gasteiger partial charge on any atom is -0.351 e. The van der Waals surface area contributed by atoms with Gasteiger partial charge in [-0.2, -0.15) is 0 Å². The molecule has 24 heavy (non-hydrogen) atoms. The number of aromatic nitrogens is 2. The highest BCUT2D eigenvalue weighted by Crippen LogP contribution is 2.22. The van der Waals surface area contributed by atoms with Crippen molar-refractivity contribution in [3.8, 4) is 0 Å². The fourth-order valence-electron chi connectivity index (χ4n) is 2.88. The zero-order valence-electron chi connectivity index (χ0n) is 14.2. The lowest BCUT2D eigenvalue weighted by atomic mass is 10.1. The van der Waals surface area contributed by atoms with E-state index in [0.717, 1.165) is 41.7 Å². The Balaban J connectivity index is 1.51. The van der Waals surface area contributed by atoms with Crippen molar-refractivity contribution in [2.75, 3.05) is 6.54 Å². The Morgan fingerprint density at radius 2 is 2.17 bits per heavy atom. The summed E-state index contributed by atoms with van der Waals surface area (Å²) < 4.78 is 2.14. The number of benzene rings is 1. The maximum Gasteiger partial charge on any atom is 0.261 e. The van der Waals surface area contributed by atoms with E-state index in [2.05, 4.69) is 34.8 Å². The lowest BCUT2D eigenvalue weighted by Gasteiger charge is -2.05. The highest BCUT2D eigenvalue weighted by atomic mass is 32.1. The number of para-hydroxylation sites is 2. The molecular formula is C19H23N3OS. The number of amides is 1. The minimum absolute atomic E-state index is 0.0425. The molecule has 0 aliphatic heterocycles. The van der Waals surface area contributed by atoms with Crippen LogP contribution in [-0.4, -0.2) is 22.0 Å². The van der Waals surface area contributed by atoms with Gasteiger partial charge in [-0.1, -0.05) is 25.5 Å². The van der Waals surface area contributed by atoms with Crippen LogP contribution in [0.4, 0.5) is 0 Å². The topological polar surface area (TPSA) is 46.9 Å². The second-order valence-corrected chi connectivity index (χ2v) is 7.23. The number of aryl methyl sites for hydroxylation is 3. The molecule has 0 atom stereocenters. The van der Waals surface area contributed by atoms with Gasteiger partial charge >= 0.3 is 0 Å². The van der Waals surface area contributed by atoms with Gasteiger partial charge in [0.1, 0.15) is 0 Å². The van der Waals surface area contributed by atoms with E-state index in [4.69, 9.17) is 0 Å². The Labute approximate surface area is 146 Å². The van der Waals surface area contributed by atoms with Crippen LogP contribution < -0.4 is 5.32 Å². The van der Waals surface area contributed by atoms with E-state index in [-0.39, 0.29) is 5.91 Å². The van der Waals surface area contributed by atoms with Crippen molar-refractivity contribution in [3.05, 3.63) is 52.0 Å². The van der Waals surface area contributed by atoms with Gasteiger partial charge in [0.25, 0.3) is 5.91 Å². The predicted octanol–water partition coefficient (Wildman–Crippen LogP) is 4.18. The van der Waals surface area contributed by atoms with Gasteiger partial charge in [-0.15, -0.1) is 11.3 Å². The average Bonchev–Trinajstić information content (AvgIpc) is 3.16. The third kappa shape index (κ3) is 3.67. The van der Waals surface area contributed by atoms with Crippen molar-refractivity contribution in [1.29, 1.82) is 0 Å². The van der Waals surface area contributed by atoms with Gasteiger partial charge in [0, 0.05) is 18.0 Å². The van der Waals surface area contributed by atoms with Crippen LogP contribution in [0, 0.1) is 6.92 Å². The summed E-state index contributed by atoms with van der Waals surface area (Å²) >= 11 is 1.59. The van der Waals surface area contributed by atoms with Crippen LogP contribution in [0.15, 0.2) is 36.7 Å². The van der Waals surface area contributed by atoms with Crippen molar-refractivity contribution in [1.82, 2.24) is 14.9 Å². The molecule has 1 N–H and O–H groups in total. The minimum atomic E-state index is 0.0425. The molecule has 0 saturated carbocycles. The molecule has 0 aliphatic rings. The number of carbonyl (C=O) groups is 1. The first-order chi connectivity index (χ1) is 11.7. The summed E-state index contributed by atoms with van der Waals surface area (Å²) in [6.45, 7) is 5.78. The quantitative estimate of drug-likeness (QED) is 0.655. The van der Waals surface area contributed by atoms with E-state index in [1.807, 2.05) is 30.6 Å². The molecule has 3 rings (SSSR count). The molecule has 0 unspecified atom stereocenters. The lowest BCUT2D eigenvalue weighted by molar-refractivity contribution is 0.0957. The summed E-state index contributed by atoms with van der Waals surface area (Å²) in [4.78, 5) is 18.7. The molecule has 0 aliphatic carbocycles. The van der Waals surface area contributed by atoms with Gasteiger partial charge in [0.15, 0.2) is 0 Å². The number of hydrogen-bond acceptors (Lipinski definition) is 3.